The topological polar surface area (TPSA) is 105 Å². The number of likely N-dealkylation sites (tertiary alicyclic amines) is 1. The van der Waals surface area contributed by atoms with E-state index in [0.29, 0.717) is 18.3 Å². The lowest BCUT2D eigenvalue weighted by Gasteiger charge is -2.30. The van der Waals surface area contributed by atoms with Crippen molar-refractivity contribution in [3.8, 4) is 10.7 Å². The van der Waals surface area contributed by atoms with Crippen LogP contribution in [0.3, 0.4) is 0 Å². The fourth-order valence-electron chi connectivity index (χ4n) is 3.79. The van der Waals surface area contributed by atoms with Crippen molar-refractivity contribution in [1.82, 2.24) is 20.4 Å². The molecule has 1 aromatic carbocycles. The monoisotopic (exact) mass is 474 g/mol. The summed E-state index contributed by atoms with van der Waals surface area (Å²) in [6, 6.07) is 10.4. The number of sulfone groups is 1. The summed E-state index contributed by atoms with van der Waals surface area (Å²) < 4.78 is 28.6. The van der Waals surface area contributed by atoms with Gasteiger partial charge in [-0.25, -0.2) is 8.42 Å². The maximum atomic E-state index is 12.7. The van der Waals surface area contributed by atoms with E-state index >= 15 is 0 Å². The average Bonchev–Trinajstić information content (AvgIpc) is 3.46. The number of hydrogen-bond acceptors (Lipinski definition) is 8. The van der Waals surface area contributed by atoms with Crippen molar-refractivity contribution in [2.75, 3.05) is 19.3 Å². The van der Waals surface area contributed by atoms with Crippen molar-refractivity contribution in [3.63, 3.8) is 0 Å². The fourth-order valence-corrected chi connectivity index (χ4v) is 5.07. The Morgan fingerprint density at radius 3 is 2.59 bits per heavy atom. The van der Waals surface area contributed by atoms with Crippen molar-refractivity contribution in [1.29, 1.82) is 0 Å². The minimum Gasteiger partial charge on any atom is -0.349 e. The molecule has 1 saturated heterocycles. The minimum atomic E-state index is -3.23. The van der Waals surface area contributed by atoms with Crippen LogP contribution in [0.15, 0.2) is 51.2 Å². The molecule has 0 bridgehead atoms. The molecule has 1 unspecified atom stereocenters. The number of carbonyl (C=O) groups excluding carboxylic acids is 1. The number of rotatable bonds is 7. The number of benzene rings is 1. The highest BCUT2D eigenvalue weighted by molar-refractivity contribution is 7.90. The first-order valence-corrected chi connectivity index (χ1v) is 13.3. The number of nitrogens with one attached hydrogen (secondary N) is 1. The summed E-state index contributed by atoms with van der Waals surface area (Å²) >= 11 is 1.57. The van der Waals surface area contributed by atoms with E-state index in [-0.39, 0.29) is 22.8 Å². The van der Waals surface area contributed by atoms with Gasteiger partial charge in [-0.15, -0.1) is 11.3 Å². The molecule has 4 rings (SSSR count). The van der Waals surface area contributed by atoms with Crippen LogP contribution in [0, 0.1) is 5.92 Å². The average molecular weight is 475 g/mol. The molecule has 0 aliphatic carbocycles. The first-order chi connectivity index (χ1) is 15.3. The molecular formula is C22H26N4O4S2. The molecule has 10 heteroatoms. The van der Waals surface area contributed by atoms with Crippen molar-refractivity contribution < 1.29 is 17.7 Å². The Morgan fingerprint density at radius 1 is 1.25 bits per heavy atom. The molecule has 3 heterocycles. The van der Waals surface area contributed by atoms with Crippen LogP contribution in [0.4, 0.5) is 0 Å². The Labute approximate surface area is 191 Å². The molecule has 3 aromatic rings. The molecule has 1 fully saturated rings. The van der Waals surface area contributed by atoms with Gasteiger partial charge in [0.1, 0.15) is 0 Å². The zero-order valence-corrected chi connectivity index (χ0v) is 19.7. The van der Waals surface area contributed by atoms with E-state index in [1.165, 1.54) is 6.26 Å². The first-order valence-electron chi connectivity index (χ1n) is 10.5. The Kier molecular flexibility index (Phi) is 6.73. The van der Waals surface area contributed by atoms with Crippen LogP contribution in [0.5, 0.6) is 0 Å². The van der Waals surface area contributed by atoms with Crippen LogP contribution in [0.2, 0.25) is 0 Å². The van der Waals surface area contributed by atoms with E-state index in [1.807, 2.05) is 24.4 Å². The number of aromatic nitrogens is 2. The van der Waals surface area contributed by atoms with E-state index in [2.05, 4.69) is 20.4 Å². The van der Waals surface area contributed by atoms with Gasteiger partial charge in [0.15, 0.2) is 9.84 Å². The number of hydrogen-bond donors (Lipinski definition) is 1. The molecule has 0 saturated carbocycles. The third-order valence-corrected chi connectivity index (χ3v) is 7.69. The third kappa shape index (κ3) is 5.43. The van der Waals surface area contributed by atoms with Gasteiger partial charge in [-0.1, -0.05) is 23.4 Å². The lowest BCUT2D eigenvalue weighted by Crippen LogP contribution is -2.40. The molecule has 1 N–H and O–H groups in total. The van der Waals surface area contributed by atoms with E-state index in [9.17, 15) is 13.2 Å². The van der Waals surface area contributed by atoms with Crippen molar-refractivity contribution >= 4 is 27.1 Å². The van der Waals surface area contributed by atoms with Crippen LogP contribution >= 0.6 is 11.3 Å². The SMILES string of the molecule is CC(NC(=O)C1CCN(Cc2nc(-c3cccs3)no2)CC1)c1ccc(S(C)(=O)=O)cc1. The molecule has 2 aromatic heterocycles. The zero-order valence-electron chi connectivity index (χ0n) is 18.0. The van der Waals surface area contributed by atoms with Crippen molar-refractivity contribution in [3.05, 3.63) is 53.2 Å². The second kappa shape index (κ2) is 9.51. The van der Waals surface area contributed by atoms with E-state index in [1.54, 1.807) is 35.6 Å². The second-order valence-corrected chi connectivity index (χ2v) is 11.1. The summed E-state index contributed by atoms with van der Waals surface area (Å²) in [5.41, 5.74) is 0.876. The molecule has 0 spiro atoms. The summed E-state index contributed by atoms with van der Waals surface area (Å²) in [7, 11) is -3.23. The normalized spacial score (nSPS) is 16.7. The van der Waals surface area contributed by atoms with Crippen molar-refractivity contribution in [2.24, 2.45) is 5.92 Å². The van der Waals surface area contributed by atoms with Crippen LogP contribution in [-0.2, 0) is 21.2 Å². The second-order valence-electron chi connectivity index (χ2n) is 8.11. The minimum absolute atomic E-state index is 0.0297. The number of piperidine rings is 1. The smallest absolute Gasteiger partial charge is 0.241 e. The Morgan fingerprint density at radius 2 is 1.97 bits per heavy atom. The van der Waals surface area contributed by atoms with Gasteiger partial charge in [0.05, 0.1) is 22.4 Å². The van der Waals surface area contributed by atoms with Crippen LogP contribution in [0.1, 0.15) is 37.3 Å². The summed E-state index contributed by atoms with van der Waals surface area (Å²) in [5.74, 6) is 1.18. The van der Waals surface area contributed by atoms with Crippen LogP contribution < -0.4 is 5.32 Å². The predicted molar refractivity (Wildman–Crippen MR) is 122 cm³/mol. The van der Waals surface area contributed by atoms with Gasteiger partial charge in [-0.3, -0.25) is 9.69 Å². The van der Waals surface area contributed by atoms with Gasteiger partial charge in [0.2, 0.25) is 17.6 Å². The third-order valence-electron chi connectivity index (χ3n) is 5.69. The quantitative estimate of drug-likeness (QED) is 0.560. The summed E-state index contributed by atoms with van der Waals surface area (Å²) in [6.45, 7) is 4.05. The number of nitrogens with zero attached hydrogens (tertiary/aromatic N) is 3. The molecule has 170 valence electrons. The van der Waals surface area contributed by atoms with E-state index in [0.717, 1.165) is 36.4 Å². The molecule has 1 atom stereocenters. The van der Waals surface area contributed by atoms with Gasteiger partial charge in [0.25, 0.3) is 0 Å². The molecule has 32 heavy (non-hydrogen) atoms. The van der Waals surface area contributed by atoms with Gasteiger partial charge >= 0.3 is 0 Å². The number of carbonyl (C=O) groups is 1. The molecular weight excluding hydrogens is 448 g/mol. The molecule has 0 radical (unpaired) electrons. The summed E-state index contributed by atoms with van der Waals surface area (Å²) in [4.78, 5) is 20.7. The molecule has 1 amide bonds. The van der Waals surface area contributed by atoms with Gasteiger partial charge in [-0.05, 0) is 62.0 Å². The fraction of sp³-hybridized carbons (Fsp3) is 0.409. The highest BCUT2D eigenvalue weighted by Gasteiger charge is 2.27. The Hall–Kier alpha value is -2.56. The summed E-state index contributed by atoms with van der Waals surface area (Å²) in [5, 5.41) is 9.09. The maximum Gasteiger partial charge on any atom is 0.241 e. The number of amides is 1. The van der Waals surface area contributed by atoms with Crippen LogP contribution in [-0.4, -0.2) is 48.7 Å². The highest BCUT2D eigenvalue weighted by Crippen LogP contribution is 2.24. The van der Waals surface area contributed by atoms with E-state index in [4.69, 9.17) is 4.52 Å². The maximum absolute atomic E-state index is 12.7. The molecule has 1 aliphatic rings. The zero-order chi connectivity index (χ0) is 22.7. The lowest BCUT2D eigenvalue weighted by atomic mass is 9.95. The summed E-state index contributed by atoms with van der Waals surface area (Å²) in [6.07, 6.45) is 2.70. The largest absolute Gasteiger partial charge is 0.349 e. The lowest BCUT2D eigenvalue weighted by molar-refractivity contribution is -0.127. The Bertz CT molecular complexity index is 1150. The standard InChI is InChI=1S/C22H26N4O4S2/c1-15(16-5-7-18(8-6-16)32(2,28)29)23-22(27)17-9-11-26(12-10-17)14-20-24-21(25-30-20)19-4-3-13-31-19/h3-8,13,15,17H,9-12,14H2,1-2H3,(H,23,27). The molecule has 1 aliphatic heterocycles. The Balaban J connectivity index is 1.26. The predicted octanol–water partition coefficient (Wildman–Crippen LogP) is 3.29. The van der Waals surface area contributed by atoms with E-state index < -0.39 is 9.84 Å². The highest BCUT2D eigenvalue weighted by atomic mass is 32.2. The van der Waals surface area contributed by atoms with Gasteiger partial charge in [0, 0.05) is 12.2 Å². The number of thiophene rings is 1. The first kappa shape index (κ1) is 22.6. The molecule has 8 nitrogen and oxygen atoms in total. The van der Waals surface area contributed by atoms with Crippen molar-refractivity contribution in [2.45, 2.75) is 37.2 Å². The van der Waals surface area contributed by atoms with Crippen LogP contribution in [0.25, 0.3) is 10.7 Å². The van der Waals surface area contributed by atoms with Gasteiger partial charge in [-0.2, -0.15) is 4.98 Å². The van der Waals surface area contributed by atoms with Gasteiger partial charge < -0.3 is 9.84 Å².